The summed E-state index contributed by atoms with van der Waals surface area (Å²) in [7, 11) is -3.98. The van der Waals surface area contributed by atoms with Crippen LogP contribution in [-0.4, -0.2) is 43.5 Å². The van der Waals surface area contributed by atoms with E-state index in [1.54, 1.807) is 0 Å². The number of halogens is 1. The van der Waals surface area contributed by atoms with Crippen molar-refractivity contribution in [3.8, 4) is 5.75 Å². The number of hydrogen-bond donors (Lipinski definition) is 3. The highest BCUT2D eigenvalue weighted by Crippen LogP contribution is 2.43. The zero-order valence-electron chi connectivity index (χ0n) is 12.5. The van der Waals surface area contributed by atoms with Gasteiger partial charge in [0, 0.05) is 6.61 Å². The second kappa shape index (κ2) is 6.22. The van der Waals surface area contributed by atoms with E-state index in [0.29, 0.717) is 13.0 Å². The Kier molecular flexibility index (Phi) is 4.59. The van der Waals surface area contributed by atoms with Gasteiger partial charge in [0.25, 0.3) is 0 Å². The van der Waals surface area contributed by atoms with Crippen LogP contribution in [0.1, 0.15) is 25.7 Å². The predicted molar refractivity (Wildman–Crippen MR) is 85.0 cm³/mol. The van der Waals surface area contributed by atoms with Crippen LogP contribution >= 0.6 is 11.6 Å². The third-order valence-corrected chi connectivity index (χ3v) is 6.36. The molecule has 2 fully saturated rings. The van der Waals surface area contributed by atoms with Gasteiger partial charge in [-0.05, 0) is 43.7 Å². The summed E-state index contributed by atoms with van der Waals surface area (Å²) in [4.78, 5) is -0.262. The van der Waals surface area contributed by atoms with E-state index in [4.69, 9.17) is 16.3 Å². The molecule has 2 aliphatic rings. The van der Waals surface area contributed by atoms with Crippen molar-refractivity contribution in [1.82, 2.24) is 4.72 Å². The lowest BCUT2D eigenvalue weighted by Crippen LogP contribution is -2.55. The highest BCUT2D eigenvalue weighted by molar-refractivity contribution is 7.89. The predicted octanol–water partition coefficient (Wildman–Crippen LogP) is 1.64. The number of nitrogens with one attached hydrogen (secondary N) is 1. The summed E-state index contributed by atoms with van der Waals surface area (Å²) in [5.74, 6) is -0.335. The molecule has 23 heavy (non-hydrogen) atoms. The number of benzene rings is 1. The zero-order chi connectivity index (χ0) is 16.7. The molecule has 3 rings (SSSR count). The molecule has 1 saturated carbocycles. The minimum atomic E-state index is -3.98. The topological polar surface area (TPSA) is 95.9 Å². The normalized spacial score (nSPS) is 26.3. The highest BCUT2D eigenvalue weighted by Gasteiger charge is 2.51. The molecule has 0 spiro atoms. The Morgan fingerprint density at radius 3 is 2.74 bits per heavy atom. The quantitative estimate of drug-likeness (QED) is 0.716. The lowest BCUT2D eigenvalue weighted by molar-refractivity contribution is -0.0642. The van der Waals surface area contributed by atoms with E-state index < -0.39 is 27.4 Å². The SMILES string of the molecule is O=S(=O)(NC(C1CC1)C1(CO)CCCO1)c1cccc(Cl)c1O. The highest BCUT2D eigenvalue weighted by atomic mass is 35.5. The van der Waals surface area contributed by atoms with Gasteiger partial charge in [-0.25, -0.2) is 13.1 Å². The lowest BCUT2D eigenvalue weighted by atomic mass is 9.89. The molecule has 0 radical (unpaired) electrons. The first-order valence-electron chi connectivity index (χ1n) is 7.64. The van der Waals surface area contributed by atoms with Crippen LogP contribution in [-0.2, 0) is 14.8 Å². The summed E-state index contributed by atoms with van der Waals surface area (Å²) in [5.41, 5.74) is -0.886. The molecule has 0 amide bonds. The number of hydrogen-bond acceptors (Lipinski definition) is 5. The van der Waals surface area contributed by atoms with E-state index in [9.17, 15) is 18.6 Å². The van der Waals surface area contributed by atoms with Crippen LogP contribution in [0.4, 0.5) is 0 Å². The first-order valence-corrected chi connectivity index (χ1v) is 9.50. The van der Waals surface area contributed by atoms with Crippen LogP contribution in [0.2, 0.25) is 5.02 Å². The molecule has 3 N–H and O–H groups in total. The molecule has 1 aliphatic carbocycles. The molecule has 8 heteroatoms. The maximum Gasteiger partial charge on any atom is 0.244 e. The summed E-state index contributed by atoms with van der Waals surface area (Å²) in [6.07, 6.45) is 3.17. The molecule has 1 saturated heterocycles. The minimum absolute atomic E-state index is 0.0233. The van der Waals surface area contributed by atoms with E-state index in [2.05, 4.69) is 4.72 Å². The second-order valence-electron chi connectivity index (χ2n) is 6.20. The van der Waals surface area contributed by atoms with Gasteiger partial charge in [0.1, 0.15) is 10.5 Å². The van der Waals surface area contributed by atoms with Crippen LogP contribution in [0.3, 0.4) is 0 Å². The van der Waals surface area contributed by atoms with Crippen LogP contribution in [0.25, 0.3) is 0 Å². The second-order valence-corrected chi connectivity index (χ2v) is 8.29. The Bertz CT molecular complexity index is 683. The first kappa shape index (κ1) is 17.0. The van der Waals surface area contributed by atoms with Gasteiger partial charge in [-0.3, -0.25) is 0 Å². The fourth-order valence-electron chi connectivity index (χ4n) is 3.19. The van der Waals surface area contributed by atoms with Gasteiger partial charge in [0.15, 0.2) is 5.75 Å². The van der Waals surface area contributed by atoms with Crippen molar-refractivity contribution in [2.45, 2.75) is 42.2 Å². The van der Waals surface area contributed by atoms with Crippen LogP contribution < -0.4 is 4.72 Å². The molecule has 1 aromatic carbocycles. The third-order valence-electron chi connectivity index (χ3n) is 4.58. The number of aromatic hydroxyl groups is 1. The largest absolute Gasteiger partial charge is 0.505 e. The van der Waals surface area contributed by atoms with E-state index in [1.165, 1.54) is 18.2 Å². The van der Waals surface area contributed by atoms with E-state index in [-0.39, 0.29) is 22.4 Å². The number of ether oxygens (including phenoxy) is 1. The van der Waals surface area contributed by atoms with Crippen molar-refractivity contribution in [1.29, 1.82) is 0 Å². The summed E-state index contributed by atoms with van der Waals surface area (Å²) >= 11 is 5.81. The average Bonchev–Trinajstić information content (AvgIpc) is 3.24. The van der Waals surface area contributed by atoms with Crippen LogP contribution in [0, 0.1) is 5.92 Å². The maximum absolute atomic E-state index is 12.7. The molecule has 1 aromatic rings. The Labute approximate surface area is 140 Å². The van der Waals surface area contributed by atoms with Crippen LogP contribution in [0.5, 0.6) is 5.75 Å². The third kappa shape index (κ3) is 3.21. The fraction of sp³-hybridized carbons (Fsp3) is 0.600. The first-order chi connectivity index (χ1) is 10.9. The molecular weight excluding hydrogens is 342 g/mol. The smallest absolute Gasteiger partial charge is 0.244 e. The number of rotatable bonds is 6. The molecule has 6 nitrogen and oxygen atoms in total. The van der Waals surface area contributed by atoms with Crippen molar-refractivity contribution in [3.63, 3.8) is 0 Å². The number of sulfonamides is 1. The molecule has 1 heterocycles. The van der Waals surface area contributed by atoms with Gasteiger partial charge in [-0.1, -0.05) is 17.7 Å². The van der Waals surface area contributed by atoms with E-state index >= 15 is 0 Å². The van der Waals surface area contributed by atoms with Crippen molar-refractivity contribution in [2.24, 2.45) is 5.92 Å². The van der Waals surface area contributed by atoms with E-state index in [0.717, 1.165) is 19.3 Å². The molecule has 128 valence electrons. The average molecular weight is 362 g/mol. The zero-order valence-corrected chi connectivity index (χ0v) is 14.1. The summed E-state index contributed by atoms with van der Waals surface area (Å²) in [6.45, 7) is 0.270. The molecule has 0 bridgehead atoms. The molecule has 2 unspecified atom stereocenters. The van der Waals surface area contributed by atoms with Gasteiger partial charge in [0.2, 0.25) is 10.0 Å². The molecule has 1 aliphatic heterocycles. The number of phenolic OH excluding ortho intramolecular Hbond substituents is 1. The number of phenols is 1. The number of aliphatic hydroxyl groups excluding tert-OH is 1. The maximum atomic E-state index is 12.7. The van der Waals surface area contributed by atoms with Crippen molar-refractivity contribution in [3.05, 3.63) is 23.2 Å². The molecule has 2 atom stereocenters. The lowest BCUT2D eigenvalue weighted by Gasteiger charge is -2.35. The molecular formula is C15H20ClNO5S. The Morgan fingerprint density at radius 2 is 2.17 bits per heavy atom. The standard InChI is InChI=1S/C15H20ClNO5S/c16-11-3-1-4-12(13(11)19)23(20,21)17-14(10-5-6-10)15(9-18)7-2-8-22-15/h1,3-4,10,14,17-19H,2,5-9H2. The van der Waals surface area contributed by atoms with Crippen molar-refractivity contribution < 1.29 is 23.4 Å². The monoisotopic (exact) mass is 361 g/mol. The summed E-state index contributed by atoms with van der Waals surface area (Å²) in [5, 5.41) is 19.7. The van der Waals surface area contributed by atoms with Gasteiger partial charge in [-0.15, -0.1) is 0 Å². The summed E-state index contributed by atoms with van der Waals surface area (Å²) in [6, 6.07) is 3.67. The minimum Gasteiger partial charge on any atom is -0.505 e. The Hall–Kier alpha value is -0.860. The van der Waals surface area contributed by atoms with Gasteiger partial charge < -0.3 is 14.9 Å². The Morgan fingerprint density at radius 1 is 1.43 bits per heavy atom. The van der Waals surface area contributed by atoms with Gasteiger partial charge in [-0.2, -0.15) is 0 Å². The number of aliphatic hydroxyl groups is 1. The van der Waals surface area contributed by atoms with Gasteiger partial charge >= 0.3 is 0 Å². The Balaban J connectivity index is 1.92. The summed E-state index contributed by atoms with van der Waals surface area (Å²) < 4.78 is 33.8. The fourth-order valence-corrected chi connectivity index (χ4v) is 4.91. The van der Waals surface area contributed by atoms with Crippen LogP contribution in [0.15, 0.2) is 23.1 Å². The number of para-hydroxylation sites is 1. The van der Waals surface area contributed by atoms with Gasteiger partial charge in [0.05, 0.1) is 17.7 Å². The van der Waals surface area contributed by atoms with Crippen molar-refractivity contribution >= 4 is 21.6 Å². The van der Waals surface area contributed by atoms with Crippen molar-refractivity contribution in [2.75, 3.05) is 13.2 Å². The molecule has 0 aromatic heterocycles. The van der Waals surface area contributed by atoms with E-state index in [1.807, 2.05) is 0 Å².